The number of carbonyl (C=O) groups excluding carboxylic acids is 1. The SMILES string of the molecule is Cc1cccc2c(=O)n(CC(=O)NCC(C)CC(C)O)cnc12. The molecule has 1 aromatic carbocycles. The van der Waals surface area contributed by atoms with Crippen molar-refractivity contribution < 1.29 is 9.90 Å². The van der Waals surface area contributed by atoms with Crippen LogP contribution in [0.3, 0.4) is 0 Å². The van der Waals surface area contributed by atoms with E-state index < -0.39 is 6.10 Å². The minimum Gasteiger partial charge on any atom is -0.393 e. The first-order valence-corrected chi connectivity index (χ1v) is 7.78. The summed E-state index contributed by atoms with van der Waals surface area (Å²) in [6, 6.07) is 5.43. The predicted molar refractivity (Wildman–Crippen MR) is 89.2 cm³/mol. The maximum Gasteiger partial charge on any atom is 0.261 e. The number of hydrogen-bond acceptors (Lipinski definition) is 4. The molecule has 2 rings (SSSR count). The second-order valence-corrected chi connectivity index (χ2v) is 6.14. The number of rotatable bonds is 6. The van der Waals surface area contributed by atoms with E-state index in [2.05, 4.69) is 10.3 Å². The van der Waals surface area contributed by atoms with Crippen molar-refractivity contribution in [3.8, 4) is 0 Å². The third-order valence-electron chi connectivity index (χ3n) is 3.76. The number of amides is 1. The summed E-state index contributed by atoms with van der Waals surface area (Å²) in [6.07, 6.45) is 1.64. The van der Waals surface area contributed by atoms with Crippen LogP contribution in [0.2, 0.25) is 0 Å². The number of aryl methyl sites for hydroxylation is 1. The Hall–Kier alpha value is -2.21. The van der Waals surface area contributed by atoms with Gasteiger partial charge in [-0.2, -0.15) is 0 Å². The molecular weight excluding hydrogens is 294 g/mol. The lowest BCUT2D eigenvalue weighted by Crippen LogP contribution is -2.35. The van der Waals surface area contributed by atoms with Gasteiger partial charge in [0, 0.05) is 6.54 Å². The summed E-state index contributed by atoms with van der Waals surface area (Å²) in [5.41, 5.74) is 1.38. The highest BCUT2D eigenvalue weighted by molar-refractivity contribution is 5.81. The van der Waals surface area contributed by atoms with Crippen molar-refractivity contribution in [2.45, 2.75) is 39.8 Å². The number of benzene rings is 1. The number of carbonyl (C=O) groups is 1. The van der Waals surface area contributed by atoms with Crippen molar-refractivity contribution >= 4 is 16.8 Å². The number of aliphatic hydroxyl groups excluding tert-OH is 1. The molecule has 1 heterocycles. The normalized spacial score (nSPS) is 13.7. The summed E-state index contributed by atoms with van der Waals surface area (Å²) >= 11 is 0. The van der Waals surface area contributed by atoms with Crippen LogP contribution >= 0.6 is 0 Å². The average Bonchev–Trinajstić information content (AvgIpc) is 2.48. The van der Waals surface area contributed by atoms with Gasteiger partial charge in [-0.15, -0.1) is 0 Å². The monoisotopic (exact) mass is 317 g/mol. The number of nitrogens with one attached hydrogen (secondary N) is 1. The summed E-state index contributed by atoms with van der Waals surface area (Å²) in [7, 11) is 0. The first-order valence-electron chi connectivity index (χ1n) is 7.78. The summed E-state index contributed by atoms with van der Waals surface area (Å²) in [5.74, 6) is -0.0635. The molecule has 2 unspecified atom stereocenters. The van der Waals surface area contributed by atoms with Gasteiger partial charge < -0.3 is 10.4 Å². The van der Waals surface area contributed by atoms with E-state index in [1.54, 1.807) is 13.0 Å². The molecule has 124 valence electrons. The predicted octanol–water partition coefficient (Wildman–Crippen LogP) is 1.23. The number of nitrogens with zero attached hydrogens (tertiary/aromatic N) is 2. The third-order valence-corrected chi connectivity index (χ3v) is 3.76. The smallest absolute Gasteiger partial charge is 0.261 e. The van der Waals surface area contributed by atoms with Gasteiger partial charge in [-0.1, -0.05) is 19.1 Å². The van der Waals surface area contributed by atoms with E-state index in [4.69, 9.17) is 0 Å². The molecule has 6 nitrogen and oxygen atoms in total. The molecule has 0 aliphatic heterocycles. The van der Waals surface area contributed by atoms with E-state index in [0.717, 1.165) is 5.56 Å². The Morgan fingerprint density at radius 2 is 2.13 bits per heavy atom. The average molecular weight is 317 g/mol. The Bertz CT molecular complexity index is 752. The van der Waals surface area contributed by atoms with Gasteiger partial charge in [-0.05, 0) is 37.8 Å². The molecule has 0 fully saturated rings. The molecule has 1 aromatic heterocycles. The topological polar surface area (TPSA) is 84.2 Å². The Balaban J connectivity index is 2.06. The molecule has 1 amide bonds. The Morgan fingerprint density at radius 3 is 2.83 bits per heavy atom. The van der Waals surface area contributed by atoms with Crippen molar-refractivity contribution in [1.82, 2.24) is 14.9 Å². The van der Waals surface area contributed by atoms with Gasteiger partial charge in [0.15, 0.2) is 0 Å². The number of para-hydroxylation sites is 1. The first kappa shape index (κ1) is 17.1. The van der Waals surface area contributed by atoms with Crippen molar-refractivity contribution in [1.29, 1.82) is 0 Å². The fourth-order valence-corrected chi connectivity index (χ4v) is 2.61. The number of hydrogen-bond donors (Lipinski definition) is 2. The largest absolute Gasteiger partial charge is 0.393 e. The molecule has 0 saturated carbocycles. The highest BCUT2D eigenvalue weighted by Gasteiger charge is 2.11. The first-order chi connectivity index (χ1) is 10.9. The van der Waals surface area contributed by atoms with Crippen LogP contribution in [0.1, 0.15) is 25.8 Å². The summed E-state index contributed by atoms with van der Waals surface area (Å²) in [5, 5.41) is 12.6. The zero-order valence-corrected chi connectivity index (χ0v) is 13.7. The fourth-order valence-electron chi connectivity index (χ4n) is 2.61. The van der Waals surface area contributed by atoms with Crippen LogP contribution < -0.4 is 10.9 Å². The van der Waals surface area contributed by atoms with Gasteiger partial charge in [-0.25, -0.2) is 4.98 Å². The molecule has 6 heteroatoms. The zero-order chi connectivity index (χ0) is 17.0. The minimum absolute atomic E-state index is 0.0584. The standard InChI is InChI=1S/C17H23N3O3/c1-11(7-13(3)21)8-18-15(22)9-20-10-19-16-12(2)5-4-6-14(16)17(20)23/h4-6,10-11,13,21H,7-9H2,1-3H3,(H,18,22). The van der Waals surface area contributed by atoms with Crippen LogP contribution in [0.5, 0.6) is 0 Å². The summed E-state index contributed by atoms with van der Waals surface area (Å²) in [4.78, 5) is 28.7. The molecule has 23 heavy (non-hydrogen) atoms. The second kappa shape index (κ2) is 7.37. The van der Waals surface area contributed by atoms with Crippen LogP contribution in [0, 0.1) is 12.8 Å². The lowest BCUT2D eigenvalue weighted by molar-refractivity contribution is -0.121. The van der Waals surface area contributed by atoms with Crippen LogP contribution in [-0.2, 0) is 11.3 Å². The van der Waals surface area contributed by atoms with Crippen LogP contribution in [0.25, 0.3) is 10.9 Å². The second-order valence-electron chi connectivity index (χ2n) is 6.14. The Morgan fingerprint density at radius 1 is 1.39 bits per heavy atom. The molecule has 2 N–H and O–H groups in total. The lowest BCUT2D eigenvalue weighted by Gasteiger charge is -2.14. The Labute approximate surface area is 135 Å². The van der Waals surface area contributed by atoms with Gasteiger partial charge in [0.1, 0.15) is 6.54 Å². The van der Waals surface area contributed by atoms with E-state index in [0.29, 0.717) is 23.9 Å². The summed E-state index contributed by atoms with van der Waals surface area (Å²) in [6.45, 7) is 5.99. The molecule has 0 radical (unpaired) electrons. The Kier molecular flexibility index (Phi) is 5.50. The minimum atomic E-state index is -0.391. The summed E-state index contributed by atoms with van der Waals surface area (Å²) < 4.78 is 1.32. The number of aliphatic hydroxyl groups is 1. The molecule has 2 atom stereocenters. The van der Waals surface area contributed by atoms with Crippen LogP contribution in [0.4, 0.5) is 0 Å². The molecule has 0 aliphatic rings. The van der Waals surface area contributed by atoms with Gasteiger partial charge in [0.2, 0.25) is 5.91 Å². The van der Waals surface area contributed by atoms with Crippen LogP contribution in [-0.4, -0.2) is 33.2 Å². The van der Waals surface area contributed by atoms with E-state index in [9.17, 15) is 14.7 Å². The van der Waals surface area contributed by atoms with E-state index in [1.807, 2.05) is 26.0 Å². The highest BCUT2D eigenvalue weighted by Crippen LogP contribution is 2.11. The third kappa shape index (κ3) is 4.39. The fraction of sp³-hybridized carbons (Fsp3) is 0.471. The molecule has 0 saturated heterocycles. The molecule has 0 bridgehead atoms. The number of aromatic nitrogens is 2. The molecule has 0 spiro atoms. The van der Waals surface area contributed by atoms with Crippen molar-refractivity contribution in [3.63, 3.8) is 0 Å². The molecular formula is C17H23N3O3. The van der Waals surface area contributed by atoms with E-state index in [1.165, 1.54) is 10.9 Å². The zero-order valence-electron chi connectivity index (χ0n) is 13.7. The van der Waals surface area contributed by atoms with Crippen molar-refractivity contribution in [2.75, 3.05) is 6.54 Å². The van der Waals surface area contributed by atoms with E-state index >= 15 is 0 Å². The highest BCUT2D eigenvalue weighted by atomic mass is 16.3. The molecule has 2 aromatic rings. The maximum absolute atomic E-state index is 12.4. The van der Waals surface area contributed by atoms with Gasteiger partial charge in [0.25, 0.3) is 5.56 Å². The van der Waals surface area contributed by atoms with E-state index in [-0.39, 0.29) is 23.9 Å². The van der Waals surface area contributed by atoms with Gasteiger partial charge in [0.05, 0.1) is 23.3 Å². The van der Waals surface area contributed by atoms with Gasteiger partial charge >= 0.3 is 0 Å². The van der Waals surface area contributed by atoms with Crippen LogP contribution in [0.15, 0.2) is 29.3 Å². The lowest BCUT2D eigenvalue weighted by atomic mass is 10.1. The maximum atomic E-state index is 12.4. The van der Waals surface area contributed by atoms with Gasteiger partial charge in [-0.3, -0.25) is 14.2 Å². The number of fused-ring (bicyclic) bond motifs is 1. The quantitative estimate of drug-likeness (QED) is 0.839. The van der Waals surface area contributed by atoms with Crippen molar-refractivity contribution in [3.05, 3.63) is 40.4 Å². The van der Waals surface area contributed by atoms with Crippen molar-refractivity contribution in [2.24, 2.45) is 5.92 Å². The molecule has 0 aliphatic carbocycles.